The Morgan fingerprint density at radius 2 is 1.67 bits per heavy atom. The average Bonchev–Trinajstić information content (AvgIpc) is 2.72. The van der Waals surface area contributed by atoms with Crippen molar-refractivity contribution in [3.63, 3.8) is 0 Å². The van der Waals surface area contributed by atoms with Crippen LogP contribution in [-0.2, 0) is 6.54 Å². The molecular formula is C22H24N4O. The first kappa shape index (κ1) is 18.6. The Morgan fingerprint density at radius 3 is 2.30 bits per heavy atom. The summed E-state index contributed by atoms with van der Waals surface area (Å²) in [4.78, 5) is 12.1. The van der Waals surface area contributed by atoms with E-state index in [1.54, 1.807) is 0 Å². The van der Waals surface area contributed by atoms with Crippen LogP contribution >= 0.6 is 0 Å². The maximum Gasteiger partial charge on any atom is 0.251 e. The van der Waals surface area contributed by atoms with Crippen LogP contribution in [0.5, 0.6) is 0 Å². The number of nitrogens with one attached hydrogen (secondary N) is 2. The van der Waals surface area contributed by atoms with Crippen molar-refractivity contribution in [2.45, 2.75) is 20.4 Å². The molecule has 5 heteroatoms. The molecule has 2 aromatic carbocycles. The van der Waals surface area contributed by atoms with Crippen molar-refractivity contribution in [1.29, 1.82) is 0 Å². The Kier molecular flexibility index (Phi) is 6.15. The van der Waals surface area contributed by atoms with Crippen LogP contribution in [0.2, 0.25) is 0 Å². The van der Waals surface area contributed by atoms with Gasteiger partial charge in [0.05, 0.1) is 5.69 Å². The first-order valence-corrected chi connectivity index (χ1v) is 9.12. The molecule has 0 saturated carbocycles. The molecule has 0 spiro atoms. The molecule has 0 aliphatic carbocycles. The molecule has 0 aliphatic rings. The Hall–Kier alpha value is -3.21. The predicted octanol–water partition coefficient (Wildman–Crippen LogP) is 4.14. The number of benzene rings is 2. The van der Waals surface area contributed by atoms with Gasteiger partial charge in [0.2, 0.25) is 0 Å². The number of rotatable bonds is 7. The third-order valence-corrected chi connectivity index (χ3v) is 4.09. The SMILES string of the molecule is CC(C)CNC(=O)c1ccc(-c2ccc(NCc3ccccc3)nn2)cc1. The maximum absolute atomic E-state index is 12.1. The largest absolute Gasteiger partial charge is 0.365 e. The van der Waals surface area contributed by atoms with E-state index >= 15 is 0 Å². The van der Waals surface area contributed by atoms with Crippen LogP contribution in [0.4, 0.5) is 5.82 Å². The second-order valence-electron chi connectivity index (χ2n) is 6.82. The third-order valence-electron chi connectivity index (χ3n) is 4.09. The summed E-state index contributed by atoms with van der Waals surface area (Å²) >= 11 is 0. The molecule has 0 radical (unpaired) electrons. The molecule has 1 heterocycles. The summed E-state index contributed by atoms with van der Waals surface area (Å²) in [6.07, 6.45) is 0. The van der Waals surface area contributed by atoms with Gasteiger partial charge in [-0.2, -0.15) is 0 Å². The van der Waals surface area contributed by atoms with Crippen LogP contribution in [0.25, 0.3) is 11.3 Å². The number of aromatic nitrogens is 2. The summed E-state index contributed by atoms with van der Waals surface area (Å²) in [6, 6.07) is 21.4. The molecule has 1 aromatic heterocycles. The number of carbonyl (C=O) groups excluding carboxylic acids is 1. The molecule has 5 nitrogen and oxygen atoms in total. The van der Waals surface area contributed by atoms with E-state index in [0.717, 1.165) is 17.1 Å². The Balaban J connectivity index is 1.60. The molecular weight excluding hydrogens is 336 g/mol. The molecule has 0 aliphatic heterocycles. The van der Waals surface area contributed by atoms with Gasteiger partial charge in [-0.15, -0.1) is 10.2 Å². The highest BCUT2D eigenvalue weighted by molar-refractivity contribution is 5.94. The molecule has 138 valence electrons. The highest BCUT2D eigenvalue weighted by Gasteiger charge is 2.07. The van der Waals surface area contributed by atoms with Gasteiger partial charge in [-0.1, -0.05) is 56.3 Å². The fourth-order valence-corrected chi connectivity index (χ4v) is 2.56. The smallest absolute Gasteiger partial charge is 0.251 e. The van der Waals surface area contributed by atoms with E-state index in [9.17, 15) is 4.79 Å². The van der Waals surface area contributed by atoms with E-state index in [2.05, 4.69) is 46.8 Å². The second kappa shape index (κ2) is 8.94. The van der Waals surface area contributed by atoms with E-state index in [4.69, 9.17) is 0 Å². The van der Waals surface area contributed by atoms with Gasteiger partial charge in [0.25, 0.3) is 5.91 Å². The molecule has 0 saturated heterocycles. The molecule has 27 heavy (non-hydrogen) atoms. The third kappa shape index (κ3) is 5.38. The van der Waals surface area contributed by atoms with E-state index in [1.807, 2.05) is 54.6 Å². The quantitative estimate of drug-likeness (QED) is 0.664. The highest BCUT2D eigenvalue weighted by atomic mass is 16.1. The van der Waals surface area contributed by atoms with Crippen molar-refractivity contribution < 1.29 is 4.79 Å². The van der Waals surface area contributed by atoms with E-state index in [0.29, 0.717) is 24.6 Å². The lowest BCUT2D eigenvalue weighted by Crippen LogP contribution is -2.27. The predicted molar refractivity (Wildman–Crippen MR) is 108 cm³/mol. The van der Waals surface area contributed by atoms with Gasteiger partial charge in [0.15, 0.2) is 0 Å². The van der Waals surface area contributed by atoms with Crippen molar-refractivity contribution >= 4 is 11.7 Å². The minimum atomic E-state index is -0.0539. The van der Waals surface area contributed by atoms with Crippen molar-refractivity contribution in [1.82, 2.24) is 15.5 Å². The number of anilines is 1. The number of hydrogen-bond acceptors (Lipinski definition) is 4. The van der Waals surface area contributed by atoms with Crippen LogP contribution in [0.15, 0.2) is 66.7 Å². The zero-order chi connectivity index (χ0) is 19.1. The minimum absolute atomic E-state index is 0.0539. The van der Waals surface area contributed by atoms with E-state index < -0.39 is 0 Å². The van der Waals surface area contributed by atoms with Crippen LogP contribution in [0, 0.1) is 5.92 Å². The molecule has 0 bridgehead atoms. The van der Waals surface area contributed by atoms with E-state index in [1.165, 1.54) is 5.56 Å². The lowest BCUT2D eigenvalue weighted by Gasteiger charge is -2.08. The molecule has 0 unspecified atom stereocenters. The monoisotopic (exact) mass is 360 g/mol. The van der Waals surface area contributed by atoms with Gasteiger partial charge in [-0.25, -0.2) is 0 Å². The van der Waals surface area contributed by atoms with Crippen molar-refractivity contribution in [3.05, 3.63) is 77.9 Å². The van der Waals surface area contributed by atoms with Gasteiger partial charge >= 0.3 is 0 Å². The van der Waals surface area contributed by atoms with Gasteiger partial charge in [-0.3, -0.25) is 4.79 Å². The molecule has 2 N–H and O–H groups in total. The standard InChI is InChI=1S/C22H24N4O/c1-16(2)14-24-22(27)19-10-8-18(9-11-19)20-12-13-21(26-25-20)23-15-17-6-4-3-5-7-17/h3-13,16H,14-15H2,1-2H3,(H,23,26)(H,24,27). The zero-order valence-electron chi connectivity index (χ0n) is 15.6. The summed E-state index contributed by atoms with van der Waals surface area (Å²) in [6.45, 7) is 5.51. The average molecular weight is 360 g/mol. The minimum Gasteiger partial charge on any atom is -0.365 e. The molecule has 3 aromatic rings. The second-order valence-corrected chi connectivity index (χ2v) is 6.82. The Labute approximate surface area is 159 Å². The van der Waals surface area contributed by atoms with Gasteiger partial charge in [0, 0.05) is 24.2 Å². The topological polar surface area (TPSA) is 66.9 Å². The van der Waals surface area contributed by atoms with Crippen LogP contribution < -0.4 is 10.6 Å². The number of amides is 1. The zero-order valence-corrected chi connectivity index (χ0v) is 15.6. The summed E-state index contributed by atoms with van der Waals surface area (Å²) < 4.78 is 0. The first-order chi connectivity index (χ1) is 13.1. The van der Waals surface area contributed by atoms with Crippen molar-refractivity contribution in [3.8, 4) is 11.3 Å². The highest BCUT2D eigenvalue weighted by Crippen LogP contribution is 2.18. The lowest BCUT2D eigenvalue weighted by molar-refractivity contribution is 0.0949. The summed E-state index contributed by atoms with van der Waals surface area (Å²) in [5.41, 5.74) is 3.54. The van der Waals surface area contributed by atoms with Crippen molar-refractivity contribution in [2.24, 2.45) is 5.92 Å². The number of nitrogens with zero attached hydrogens (tertiary/aromatic N) is 2. The molecule has 0 atom stereocenters. The van der Waals surface area contributed by atoms with Crippen molar-refractivity contribution in [2.75, 3.05) is 11.9 Å². The Bertz CT molecular complexity index is 859. The number of carbonyl (C=O) groups is 1. The van der Waals surface area contributed by atoms with Crippen LogP contribution in [0.1, 0.15) is 29.8 Å². The fraction of sp³-hybridized carbons (Fsp3) is 0.227. The normalized spacial score (nSPS) is 10.6. The number of hydrogen-bond donors (Lipinski definition) is 2. The first-order valence-electron chi connectivity index (χ1n) is 9.12. The fourth-order valence-electron chi connectivity index (χ4n) is 2.56. The van der Waals surface area contributed by atoms with Gasteiger partial charge in [0.1, 0.15) is 5.82 Å². The molecule has 0 fully saturated rings. The van der Waals surface area contributed by atoms with Crippen LogP contribution in [0.3, 0.4) is 0 Å². The molecule has 1 amide bonds. The lowest BCUT2D eigenvalue weighted by atomic mass is 10.1. The van der Waals surface area contributed by atoms with Gasteiger partial charge in [-0.05, 0) is 35.7 Å². The maximum atomic E-state index is 12.1. The van der Waals surface area contributed by atoms with E-state index in [-0.39, 0.29) is 5.91 Å². The molecule has 3 rings (SSSR count). The Morgan fingerprint density at radius 1 is 0.926 bits per heavy atom. The summed E-state index contributed by atoms with van der Waals surface area (Å²) in [7, 11) is 0. The van der Waals surface area contributed by atoms with Gasteiger partial charge < -0.3 is 10.6 Å². The summed E-state index contributed by atoms with van der Waals surface area (Å²) in [5.74, 6) is 1.10. The summed E-state index contributed by atoms with van der Waals surface area (Å²) in [5, 5.41) is 14.7. The van der Waals surface area contributed by atoms with Crippen LogP contribution in [-0.4, -0.2) is 22.6 Å².